The van der Waals surface area contributed by atoms with Gasteiger partial charge in [-0.15, -0.1) is 0 Å². The van der Waals surface area contributed by atoms with E-state index < -0.39 is 0 Å². The van der Waals surface area contributed by atoms with Crippen molar-refractivity contribution in [1.82, 2.24) is 9.80 Å². The Morgan fingerprint density at radius 1 is 0.893 bits per heavy atom. The quantitative estimate of drug-likeness (QED) is 0.782. The molecule has 0 unspecified atom stereocenters. The lowest BCUT2D eigenvalue weighted by molar-refractivity contribution is -0.137. The highest BCUT2D eigenvalue weighted by atomic mass is 35.5. The summed E-state index contributed by atoms with van der Waals surface area (Å²) in [6, 6.07) is 18.5. The molecule has 0 aromatic heterocycles. The van der Waals surface area contributed by atoms with Crippen molar-refractivity contribution in [2.24, 2.45) is 5.92 Å². The zero-order valence-electron chi connectivity index (χ0n) is 16.3. The van der Waals surface area contributed by atoms with E-state index in [4.69, 9.17) is 11.6 Å². The summed E-state index contributed by atoms with van der Waals surface area (Å²) >= 11 is 6.09. The van der Waals surface area contributed by atoms with Gasteiger partial charge in [0.05, 0.1) is 0 Å². The molecule has 2 saturated heterocycles. The number of halogens is 1. The second-order valence-electron chi connectivity index (χ2n) is 7.83. The highest BCUT2D eigenvalue weighted by molar-refractivity contribution is 6.30. The predicted molar refractivity (Wildman–Crippen MR) is 115 cm³/mol. The van der Waals surface area contributed by atoms with Gasteiger partial charge in [0.15, 0.2) is 0 Å². The fourth-order valence-corrected chi connectivity index (χ4v) is 4.53. The summed E-state index contributed by atoms with van der Waals surface area (Å²) in [5, 5.41) is 0.789. The molecule has 0 atom stereocenters. The topological polar surface area (TPSA) is 26.8 Å². The number of nitrogens with zero attached hydrogens (tertiary/aromatic N) is 3. The number of rotatable bonds is 4. The fourth-order valence-electron chi connectivity index (χ4n) is 4.31. The minimum absolute atomic E-state index is 0.180. The van der Waals surface area contributed by atoms with Crippen LogP contribution in [-0.2, 0) is 11.3 Å². The molecule has 2 aliphatic heterocycles. The predicted octanol–water partition coefficient (Wildman–Crippen LogP) is 3.90. The first-order valence-corrected chi connectivity index (χ1v) is 10.6. The second kappa shape index (κ2) is 8.97. The molecule has 2 heterocycles. The summed E-state index contributed by atoms with van der Waals surface area (Å²) in [6.07, 6.45) is 1.91. The number of piperazine rings is 1. The van der Waals surface area contributed by atoms with Gasteiger partial charge >= 0.3 is 0 Å². The van der Waals surface area contributed by atoms with Crippen molar-refractivity contribution in [3.8, 4) is 0 Å². The number of anilines is 1. The van der Waals surface area contributed by atoms with Gasteiger partial charge in [-0.05, 0) is 55.8 Å². The van der Waals surface area contributed by atoms with Crippen LogP contribution >= 0.6 is 11.6 Å². The number of hydrogen-bond donors (Lipinski definition) is 0. The average molecular weight is 398 g/mol. The number of para-hydroxylation sites is 1. The average Bonchev–Trinajstić information content (AvgIpc) is 2.75. The molecule has 2 aromatic carbocycles. The molecule has 4 rings (SSSR count). The second-order valence-corrected chi connectivity index (χ2v) is 8.26. The summed E-state index contributed by atoms with van der Waals surface area (Å²) < 4.78 is 0. The van der Waals surface area contributed by atoms with E-state index in [1.807, 2.05) is 24.3 Å². The van der Waals surface area contributed by atoms with Crippen molar-refractivity contribution in [2.75, 3.05) is 44.2 Å². The van der Waals surface area contributed by atoms with Crippen LogP contribution in [0.25, 0.3) is 0 Å². The maximum Gasteiger partial charge on any atom is 0.225 e. The first kappa shape index (κ1) is 19.3. The molecule has 2 fully saturated rings. The maximum absolute atomic E-state index is 13.0. The van der Waals surface area contributed by atoms with Crippen molar-refractivity contribution in [1.29, 1.82) is 0 Å². The highest BCUT2D eigenvalue weighted by Gasteiger charge is 2.30. The van der Waals surface area contributed by atoms with Gasteiger partial charge in [0.1, 0.15) is 0 Å². The molecule has 2 aromatic rings. The molecular formula is C23H28ClN3O. The van der Waals surface area contributed by atoms with Gasteiger partial charge in [-0.2, -0.15) is 0 Å². The van der Waals surface area contributed by atoms with Crippen LogP contribution in [0.4, 0.5) is 5.69 Å². The summed E-state index contributed by atoms with van der Waals surface area (Å²) in [7, 11) is 0. The van der Waals surface area contributed by atoms with Crippen molar-refractivity contribution in [3.63, 3.8) is 0 Å². The first-order chi connectivity index (χ1) is 13.7. The van der Waals surface area contributed by atoms with Gasteiger partial charge in [0.2, 0.25) is 5.91 Å². The third-order valence-electron chi connectivity index (χ3n) is 5.94. The van der Waals surface area contributed by atoms with Crippen LogP contribution in [0, 0.1) is 5.92 Å². The number of carbonyl (C=O) groups is 1. The minimum atomic E-state index is 0.180. The van der Waals surface area contributed by atoms with Crippen LogP contribution in [0.15, 0.2) is 54.6 Å². The number of hydrogen-bond acceptors (Lipinski definition) is 3. The molecule has 0 bridgehead atoms. The van der Waals surface area contributed by atoms with Gasteiger partial charge in [0, 0.05) is 49.4 Å². The molecule has 0 aliphatic carbocycles. The van der Waals surface area contributed by atoms with E-state index in [1.54, 1.807) is 0 Å². The standard InChI is InChI=1S/C23H28ClN3O/c24-21-6-4-5-19(17-21)18-25-11-9-20(10-12-25)23(28)27-15-13-26(14-16-27)22-7-2-1-3-8-22/h1-8,17,20H,9-16,18H2. The molecule has 148 valence electrons. The van der Waals surface area contributed by atoms with E-state index in [2.05, 4.69) is 45.0 Å². The lowest BCUT2D eigenvalue weighted by Crippen LogP contribution is -2.51. The van der Waals surface area contributed by atoms with Crippen molar-refractivity contribution in [3.05, 3.63) is 65.2 Å². The first-order valence-electron chi connectivity index (χ1n) is 10.2. The number of piperidine rings is 1. The zero-order valence-corrected chi connectivity index (χ0v) is 17.0. The molecular weight excluding hydrogens is 370 g/mol. The van der Waals surface area contributed by atoms with E-state index in [9.17, 15) is 4.79 Å². The van der Waals surface area contributed by atoms with Crippen molar-refractivity contribution >= 4 is 23.2 Å². The summed E-state index contributed by atoms with van der Waals surface area (Å²) in [5.74, 6) is 0.536. The van der Waals surface area contributed by atoms with Crippen LogP contribution in [0.1, 0.15) is 18.4 Å². The molecule has 0 spiro atoms. The normalized spacial score (nSPS) is 19.0. The third kappa shape index (κ3) is 4.68. The van der Waals surface area contributed by atoms with E-state index in [-0.39, 0.29) is 5.92 Å². The van der Waals surface area contributed by atoms with Crippen LogP contribution < -0.4 is 4.90 Å². The summed E-state index contributed by atoms with van der Waals surface area (Å²) in [4.78, 5) is 19.9. The molecule has 0 saturated carbocycles. The van der Waals surface area contributed by atoms with Crippen molar-refractivity contribution < 1.29 is 4.79 Å². The van der Waals surface area contributed by atoms with E-state index in [1.165, 1.54) is 11.3 Å². The monoisotopic (exact) mass is 397 g/mol. The Hall–Kier alpha value is -2.04. The molecule has 0 radical (unpaired) electrons. The minimum Gasteiger partial charge on any atom is -0.368 e. The maximum atomic E-state index is 13.0. The fraction of sp³-hybridized carbons (Fsp3) is 0.435. The van der Waals surface area contributed by atoms with E-state index >= 15 is 0 Å². The lowest BCUT2D eigenvalue weighted by atomic mass is 9.94. The van der Waals surface area contributed by atoms with Gasteiger partial charge in [-0.25, -0.2) is 0 Å². The van der Waals surface area contributed by atoms with Crippen molar-refractivity contribution in [2.45, 2.75) is 19.4 Å². The Kier molecular flexibility index (Phi) is 6.18. The smallest absolute Gasteiger partial charge is 0.225 e. The van der Waals surface area contributed by atoms with Gasteiger partial charge < -0.3 is 9.80 Å². The molecule has 4 nitrogen and oxygen atoms in total. The SMILES string of the molecule is O=C(C1CCN(Cc2cccc(Cl)c2)CC1)N1CCN(c2ccccc2)CC1. The summed E-state index contributed by atoms with van der Waals surface area (Å²) in [5.41, 5.74) is 2.50. The Labute approximate surface area is 172 Å². The Morgan fingerprint density at radius 2 is 1.61 bits per heavy atom. The molecule has 28 heavy (non-hydrogen) atoms. The van der Waals surface area contributed by atoms with Crippen LogP contribution in [-0.4, -0.2) is 55.0 Å². The van der Waals surface area contributed by atoms with E-state index in [0.29, 0.717) is 5.91 Å². The summed E-state index contributed by atoms with van der Waals surface area (Å²) in [6.45, 7) is 6.37. The zero-order chi connectivity index (χ0) is 19.3. The van der Waals surface area contributed by atoms with Gasteiger partial charge in [-0.3, -0.25) is 9.69 Å². The van der Waals surface area contributed by atoms with Crippen LogP contribution in [0.3, 0.4) is 0 Å². The Balaban J connectivity index is 1.24. The van der Waals surface area contributed by atoms with E-state index in [0.717, 1.165) is 63.7 Å². The number of benzene rings is 2. The Morgan fingerprint density at radius 3 is 2.29 bits per heavy atom. The van der Waals surface area contributed by atoms with Gasteiger partial charge in [-0.1, -0.05) is 41.9 Å². The molecule has 5 heteroatoms. The van der Waals surface area contributed by atoms with Crippen LogP contribution in [0.5, 0.6) is 0 Å². The lowest BCUT2D eigenvalue weighted by Gasteiger charge is -2.39. The molecule has 2 aliphatic rings. The molecule has 1 amide bonds. The van der Waals surface area contributed by atoms with Crippen LogP contribution in [0.2, 0.25) is 5.02 Å². The number of carbonyl (C=O) groups excluding carboxylic acids is 1. The third-order valence-corrected chi connectivity index (χ3v) is 6.18. The largest absolute Gasteiger partial charge is 0.368 e. The highest BCUT2D eigenvalue weighted by Crippen LogP contribution is 2.23. The Bertz CT molecular complexity index is 781. The number of likely N-dealkylation sites (tertiary alicyclic amines) is 1. The molecule has 0 N–H and O–H groups in total. The number of amides is 1. The van der Waals surface area contributed by atoms with Gasteiger partial charge in [0.25, 0.3) is 0 Å².